The molecule has 1 aliphatic rings. The summed E-state index contributed by atoms with van der Waals surface area (Å²) < 4.78 is 0.972. The first kappa shape index (κ1) is 13.6. The Morgan fingerprint density at radius 3 is 2.56 bits per heavy atom. The molecule has 0 spiro atoms. The topological polar surface area (TPSA) is 40.5 Å². The molecule has 0 unspecified atom stereocenters. The molecule has 4 heteroatoms. The van der Waals surface area contributed by atoms with E-state index >= 15 is 0 Å². The second-order valence-corrected chi connectivity index (χ2v) is 6.12. The second kappa shape index (κ2) is 5.02. The van der Waals surface area contributed by atoms with Crippen LogP contribution < -0.4 is 4.90 Å². The van der Waals surface area contributed by atoms with Gasteiger partial charge in [-0.25, -0.2) is 0 Å². The average molecular weight is 312 g/mol. The van der Waals surface area contributed by atoms with Crippen molar-refractivity contribution in [2.75, 3.05) is 18.0 Å². The quantitative estimate of drug-likeness (QED) is 0.854. The van der Waals surface area contributed by atoms with E-state index < -0.39 is 5.60 Å². The number of piperidine rings is 1. The number of Topliss-reactive ketones (excluding diaryl/α,β-unsaturated/α-hetero) is 1. The van der Waals surface area contributed by atoms with Crippen LogP contribution in [0.25, 0.3) is 0 Å². The summed E-state index contributed by atoms with van der Waals surface area (Å²) in [5.41, 5.74) is 1.14. The fourth-order valence-corrected chi connectivity index (χ4v) is 2.64. The van der Waals surface area contributed by atoms with Crippen molar-refractivity contribution in [1.29, 1.82) is 0 Å². The number of rotatable bonds is 2. The number of aliphatic hydroxyl groups is 1. The van der Waals surface area contributed by atoms with Crippen molar-refractivity contribution >= 4 is 27.4 Å². The van der Waals surface area contributed by atoms with Crippen LogP contribution in [-0.2, 0) is 0 Å². The van der Waals surface area contributed by atoms with Crippen LogP contribution >= 0.6 is 15.9 Å². The Labute approximate surface area is 116 Å². The van der Waals surface area contributed by atoms with E-state index in [9.17, 15) is 9.90 Å². The van der Waals surface area contributed by atoms with Crippen molar-refractivity contribution in [3.8, 4) is 0 Å². The molecule has 0 aliphatic carbocycles. The minimum Gasteiger partial charge on any atom is -0.390 e. The normalized spacial score (nSPS) is 18.8. The first-order chi connectivity index (χ1) is 8.39. The van der Waals surface area contributed by atoms with Gasteiger partial charge in [-0.1, -0.05) is 15.9 Å². The molecule has 0 saturated carbocycles. The molecule has 0 bridgehead atoms. The SMILES string of the molecule is CC(=O)c1ccc(Br)cc1N1CCC(C)(O)CC1. The zero-order valence-corrected chi connectivity index (χ0v) is 12.3. The smallest absolute Gasteiger partial charge is 0.161 e. The molecular formula is C14H18BrNO2. The molecule has 18 heavy (non-hydrogen) atoms. The Hall–Kier alpha value is -0.870. The van der Waals surface area contributed by atoms with Gasteiger partial charge in [-0.3, -0.25) is 4.79 Å². The van der Waals surface area contributed by atoms with Crippen LogP contribution in [0.5, 0.6) is 0 Å². The van der Waals surface area contributed by atoms with Gasteiger partial charge >= 0.3 is 0 Å². The van der Waals surface area contributed by atoms with E-state index in [0.717, 1.165) is 41.7 Å². The molecule has 98 valence electrons. The first-order valence-electron chi connectivity index (χ1n) is 6.17. The third-order valence-electron chi connectivity index (χ3n) is 3.52. The molecule has 0 amide bonds. The van der Waals surface area contributed by atoms with Crippen LogP contribution in [0.2, 0.25) is 0 Å². The van der Waals surface area contributed by atoms with Gasteiger partial charge in [0.1, 0.15) is 0 Å². The molecule has 1 aromatic rings. The molecule has 0 aromatic heterocycles. The molecule has 1 saturated heterocycles. The fourth-order valence-electron chi connectivity index (χ4n) is 2.29. The van der Waals surface area contributed by atoms with Crippen molar-refractivity contribution in [2.45, 2.75) is 32.3 Å². The van der Waals surface area contributed by atoms with Gasteiger partial charge in [0, 0.05) is 28.8 Å². The molecule has 1 fully saturated rings. The van der Waals surface area contributed by atoms with Crippen LogP contribution in [0, 0.1) is 0 Å². The molecule has 2 rings (SSSR count). The van der Waals surface area contributed by atoms with Crippen molar-refractivity contribution < 1.29 is 9.90 Å². The Bertz CT molecular complexity index is 461. The summed E-state index contributed by atoms with van der Waals surface area (Å²) in [5, 5.41) is 9.97. The lowest BCUT2D eigenvalue weighted by Gasteiger charge is -2.37. The van der Waals surface area contributed by atoms with E-state index in [1.165, 1.54) is 0 Å². The number of nitrogens with zero attached hydrogens (tertiary/aromatic N) is 1. The van der Waals surface area contributed by atoms with Gasteiger partial charge < -0.3 is 10.0 Å². The highest BCUT2D eigenvalue weighted by Crippen LogP contribution is 2.30. The van der Waals surface area contributed by atoms with Gasteiger partial charge in [-0.05, 0) is 44.9 Å². The van der Waals surface area contributed by atoms with E-state index in [1.54, 1.807) is 6.92 Å². The molecule has 0 radical (unpaired) electrons. The van der Waals surface area contributed by atoms with Crippen molar-refractivity contribution in [1.82, 2.24) is 0 Å². The van der Waals surface area contributed by atoms with Crippen molar-refractivity contribution in [2.24, 2.45) is 0 Å². The van der Waals surface area contributed by atoms with Crippen LogP contribution in [0.1, 0.15) is 37.0 Å². The molecule has 1 aliphatic heterocycles. The van der Waals surface area contributed by atoms with Gasteiger partial charge in [0.2, 0.25) is 0 Å². The third-order valence-corrected chi connectivity index (χ3v) is 4.01. The fraction of sp³-hybridized carbons (Fsp3) is 0.500. The number of halogens is 1. The second-order valence-electron chi connectivity index (χ2n) is 5.20. The number of hydrogen-bond donors (Lipinski definition) is 1. The van der Waals surface area contributed by atoms with Crippen LogP contribution in [0.15, 0.2) is 22.7 Å². The monoisotopic (exact) mass is 311 g/mol. The summed E-state index contributed by atoms with van der Waals surface area (Å²) >= 11 is 3.45. The third kappa shape index (κ3) is 2.93. The number of anilines is 1. The zero-order valence-electron chi connectivity index (χ0n) is 10.7. The number of hydrogen-bond acceptors (Lipinski definition) is 3. The van der Waals surface area contributed by atoms with E-state index in [2.05, 4.69) is 20.8 Å². The highest BCUT2D eigenvalue weighted by molar-refractivity contribution is 9.10. The summed E-state index contributed by atoms with van der Waals surface area (Å²) in [6, 6.07) is 5.73. The Balaban J connectivity index is 2.28. The van der Waals surface area contributed by atoms with Crippen molar-refractivity contribution in [3.05, 3.63) is 28.2 Å². The largest absolute Gasteiger partial charge is 0.390 e. The maximum Gasteiger partial charge on any atom is 0.161 e. The first-order valence-corrected chi connectivity index (χ1v) is 6.96. The minimum atomic E-state index is -0.571. The predicted octanol–water partition coefficient (Wildman–Crippen LogP) is 3.00. The van der Waals surface area contributed by atoms with E-state index in [0.29, 0.717) is 0 Å². The summed E-state index contributed by atoms with van der Waals surface area (Å²) in [4.78, 5) is 13.8. The minimum absolute atomic E-state index is 0.0785. The molecule has 3 nitrogen and oxygen atoms in total. The standard InChI is InChI=1S/C14H18BrNO2/c1-10(17)12-4-3-11(15)9-13(12)16-7-5-14(2,18)6-8-16/h3-4,9,18H,5-8H2,1-2H3. The van der Waals surface area contributed by atoms with Crippen LogP contribution in [0.4, 0.5) is 5.69 Å². The van der Waals surface area contributed by atoms with E-state index in [4.69, 9.17) is 0 Å². The summed E-state index contributed by atoms with van der Waals surface area (Å²) in [6.07, 6.45) is 1.47. The zero-order chi connectivity index (χ0) is 13.3. The average Bonchev–Trinajstić information content (AvgIpc) is 2.28. The lowest BCUT2D eigenvalue weighted by Crippen LogP contribution is -2.42. The Kier molecular flexibility index (Phi) is 3.78. The highest BCUT2D eigenvalue weighted by atomic mass is 79.9. The Morgan fingerprint density at radius 2 is 2.00 bits per heavy atom. The summed E-state index contributed by atoms with van der Waals surface area (Å²) in [6.45, 7) is 5.03. The van der Waals surface area contributed by atoms with Gasteiger partial charge in [-0.15, -0.1) is 0 Å². The molecule has 1 aromatic carbocycles. The van der Waals surface area contributed by atoms with Crippen LogP contribution in [-0.4, -0.2) is 29.6 Å². The van der Waals surface area contributed by atoms with Gasteiger partial charge in [0.25, 0.3) is 0 Å². The molecule has 1 N–H and O–H groups in total. The van der Waals surface area contributed by atoms with Crippen molar-refractivity contribution in [3.63, 3.8) is 0 Å². The van der Waals surface area contributed by atoms with Gasteiger partial charge in [-0.2, -0.15) is 0 Å². The van der Waals surface area contributed by atoms with Gasteiger partial charge in [0.05, 0.1) is 5.60 Å². The number of benzene rings is 1. The van der Waals surface area contributed by atoms with Gasteiger partial charge in [0.15, 0.2) is 5.78 Å². The van der Waals surface area contributed by atoms with E-state index in [1.807, 2.05) is 25.1 Å². The number of ketones is 1. The molecule has 0 atom stereocenters. The number of carbonyl (C=O) groups is 1. The molecular weight excluding hydrogens is 294 g/mol. The van der Waals surface area contributed by atoms with E-state index in [-0.39, 0.29) is 5.78 Å². The predicted molar refractivity (Wildman–Crippen MR) is 76.2 cm³/mol. The summed E-state index contributed by atoms with van der Waals surface area (Å²) in [7, 11) is 0. The lowest BCUT2D eigenvalue weighted by atomic mass is 9.93. The van der Waals surface area contributed by atoms with Crippen LogP contribution in [0.3, 0.4) is 0 Å². The number of carbonyl (C=O) groups excluding carboxylic acids is 1. The molecule has 1 heterocycles. The summed E-state index contributed by atoms with van der Waals surface area (Å²) in [5.74, 6) is 0.0785. The lowest BCUT2D eigenvalue weighted by molar-refractivity contribution is 0.0351. The maximum absolute atomic E-state index is 11.7. The Morgan fingerprint density at radius 1 is 1.39 bits per heavy atom. The highest BCUT2D eigenvalue weighted by Gasteiger charge is 2.28. The maximum atomic E-state index is 11.7.